The van der Waals surface area contributed by atoms with Crippen LogP contribution in [0.2, 0.25) is 0 Å². The van der Waals surface area contributed by atoms with Gasteiger partial charge in [0.25, 0.3) is 0 Å². The Morgan fingerprint density at radius 1 is 1.14 bits per heavy atom. The monoisotopic (exact) mass is 312 g/mol. The van der Waals surface area contributed by atoms with Crippen LogP contribution in [0.1, 0.15) is 32.1 Å². The van der Waals surface area contributed by atoms with Crippen molar-refractivity contribution < 1.29 is 17.9 Å². The van der Waals surface area contributed by atoms with E-state index in [4.69, 9.17) is 4.74 Å². The topological polar surface area (TPSA) is 45.0 Å². The summed E-state index contributed by atoms with van der Waals surface area (Å²) in [5, 5.41) is 11.8. The third-order valence-corrected chi connectivity index (χ3v) is 4.27. The third kappa shape index (κ3) is 3.13. The smallest absolute Gasteiger partial charge is 0.425 e. The van der Waals surface area contributed by atoms with Crippen LogP contribution in [-0.2, 0) is 0 Å². The SMILES string of the molecule is COc1ccc(NC(C#N)(C2CCCCC2)C(F)(F)F)cc1. The molecule has 2 rings (SSSR count). The molecule has 1 aliphatic carbocycles. The number of rotatable bonds is 4. The van der Waals surface area contributed by atoms with E-state index in [2.05, 4.69) is 5.32 Å². The van der Waals surface area contributed by atoms with Crippen molar-refractivity contribution in [1.29, 1.82) is 5.26 Å². The molecule has 0 saturated heterocycles. The van der Waals surface area contributed by atoms with Crippen molar-refractivity contribution in [3.8, 4) is 11.8 Å². The second kappa shape index (κ2) is 6.47. The van der Waals surface area contributed by atoms with Crippen LogP contribution in [-0.4, -0.2) is 18.8 Å². The number of methoxy groups -OCH3 is 1. The number of alkyl halides is 3. The minimum absolute atomic E-state index is 0.269. The predicted octanol–water partition coefficient (Wildman–Crippen LogP) is 4.51. The molecule has 0 aromatic heterocycles. The largest absolute Gasteiger partial charge is 0.497 e. The minimum Gasteiger partial charge on any atom is -0.497 e. The molecule has 0 bridgehead atoms. The van der Waals surface area contributed by atoms with E-state index < -0.39 is 17.6 Å². The maximum absolute atomic E-state index is 13.7. The maximum atomic E-state index is 13.7. The standard InChI is InChI=1S/C16H19F3N2O/c1-22-14-9-7-13(8-10-14)21-15(11-20,16(17,18)19)12-5-3-2-4-6-12/h7-10,12,21H,2-6H2,1H3. The van der Waals surface area contributed by atoms with Crippen LogP contribution in [0.15, 0.2) is 24.3 Å². The summed E-state index contributed by atoms with van der Waals surface area (Å²) in [6.07, 6.45) is -1.42. The van der Waals surface area contributed by atoms with Gasteiger partial charge in [-0.3, -0.25) is 0 Å². The molecule has 1 aromatic carbocycles. The molecule has 1 saturated carbocycles. The first-order valence-electron chi connectivity index (χ1n) is 7.33. The number of halogens is 3. The predicted molar refractivity (Wildman–Crippen MR) is 77.6 cm³/mol. The fraction of sp³-hybridized carbons (Fsp3) is 0.562. The van der Waals surface area contributed by atoms with Crippen LogP contribution in [0, 0.1) is 17.2 Å². The molecule has 3 nitrogen and oxygen atoms in total. The Morgan fingerprint density at radius 3 is 2.18 bits per heavy atom. The van der Waals surface area contributed by atoms with Gasteiger partial charge < -0.3 is 10.1 Å². The summed E-state index contributed by atoms with van der Waals surface area (Å²) in [5.41, 5.74) is -2.27. The summed E-state index contributed by atoms with van der Waals surface area (Å²) >= 11 is 0. The molecule has 1 aliphatic rings. The molecule has 1 fully saturated rings. The Labute approximate surface area is 128 Å². The first-order chi connectivity index (χ1) is 10.4. The highest BCUT2D eigenvalue weighted by molar-refractivity contribution is 5.51. The first-order valence-corrected chi connectivity index (χ1v) is 7.33. The van der Waals surface area contributed by atoms with Gasteiger partial charge in [-0.15, -0.1) is 0 Å². The number of benzene rings is 1. The van der Waals surface area contributed by atoms with E-state index in [-0.39, 0.29) is 5.69 Å². The van der Waals surface area contributed by atoms with E-state index in [1.165, 1.54) is 25.3 Å². The molecule has 1 unspecified atom stereocenters. The van der Waals surface area contributed by atoms with Crippen LogP contribution in [0.25, 0.3) is 0 Å². The van der Waals surface area contributed by atoms with E-state index in [0.29, 0.717) is 18.6 Å². The van der Waals surface area contributed by atoms with E-state index >= 15 is 0 Å². The highest BCUT2D eigenvalue weighted by Gasteiger charge is 2.60. The molecule has 0 aliphatic heterocycles. The van der Waals surface area contributed by atoms with Crippen LogP contribution in [0.5, 0.6) is 5.75 Å². The lowest BCUT2D eigenvalue weighted by molar-refractivity contribution is -0.178. The summed E-state index contributed by atoms with van der Waals surface area (Å²) in [4.78, 5) is 0. The Bertz CT molecular complexity index is 530. The summed E-state index contributed by atoms with van der Waals surface area (Å²) in [6, 6.07) is 7.68. The minimum atomic E-state index is -4.64. The van der Waals surface area contributed by atoms with Crippen molar-refractivity contribution in [2.75, 3.05) is 12.4 Å². The van der Waals surface area contributed by atoms with Gasteiger partial charge in [-0.2, -0.15) is 18.4 Å². The van der Waals surface area contributed by atoms with Gasteiger partial charge in [-0.1, -0.05) is 19.3 Å². The molecule has 120 valence electrons. The molecular weight excluding hydrogens is 293 g/mol. The molecule has 6 heteroatoms. The third-order valence-electron chi connectivity index (χ3n) is 4.27. The number of nitrogens with zero attached hydrogens (tertiary/aromatic N) is 1. The van der Waals surface area contributed by atoms with Crippen LogP contribution in [0.4, 0.5) is 18.9 Å². The van der Waals surface area contributed by atoms with Gasteiger partial charge in [0, 0.05) is 11.6 Å². The van der Waals surface area contributed by atoms with Crippen LogP contribution < -0.4 is 10.1 Å². The Morgan fingerprint density at radius 2 is 1.73 bits per heavy atom. The highest BCUT2D eigenvalue weighted by Crippen LogP contribution is 2.44. The molecule has 0 radical (unpaired) electrons. The van der Waals surface area contributed by atoms with Gasteiger partial charge in [0.2, 0.25) is 5.54 Å². The van der Waals surface area contributed by atoms with Gasteiger partial charge in [-0.25, -0.2) is 0 Å². The van der Waals surface area contributed by atoms with Crippen molar-refractivity contribution in [3.05, 3.63) is 24.3 Å². The molecule has 22 heavy (non-hydrogen) atoms. The van der Waals surface area contributed by atoms with Gasteiger partial charge >= 0.3 is 6.18 Å². The summed E-state index contributed by atoms with van der Waals surface area (Å²) in [6.45, 7) is 0. The highest BCUT2D eigenvalue weighted by atomic mass is 19.4. The van der Waals surface area contributed by atoms with Gasteiger partial charge in [0.05, 0.1) is 7.11 Å². The molecule has 1 atom stereocenters. The zero-order chi connectivity index (χ0) is 16.2. The molecule has 1 N–H and O–H groups in total. The lowest BCUT2D eigenvalue weighted by Gasteiger charge is -2.39. The van der Waals surface area contributed by atoms with Crippen molar-refractivity contribution in [2.24, 2.45) is 5.92 Å². The zero-order valence-electron chi connectivity index (χ0n) is 12.4. The second-order valence-electron chi connectivity index (χ2n) is 5.61. The lowest BCUT2D eigenvalue weighted by atomic mass is 9.74. The fourth-order valence-electron chi connectivity index (χ4n) is 3.02. The number of anilines is 1. The fourth-order valence-corrected chi connectivity index (χ4v) is 3.02. The number of ether oxygens (including phenoxy) is 1. The molecule has 1 aromatic rings. The van der Waals surface area contributed by atoms with Crippen LogP contribution in [0.3, 0.4) is 0 Å². The Kier molecular flexibility index (Phi) is 4.84. The Hall–Kier alpha value is -1.90. The number of hydrogen-bond donors (Lipinski definition) is 1. The second-order valence-corrected chi connectivity index (χ2v) is 5.61. The van der Waals surface area contributed by atoms with Gasteiger partial charge in [0.1, 0.15) is 11.8 Å². The molecule has 0 spiro atoms. The summed E-state index contributed by atoms with van der Waals surface area (Å²) in [7, 11) is 1.49. The summed E-state index contributed by atoms with van der Waals surface area (Å²) < 4.78 is 46.0. The Balaban J connectivity index is 2.32. The van der Waals surface area contributed by atoms with Crippen LogP contribution >= 0.6 is 0 Å². The van der Waals surface area contributed by atoms with Crippen molar-refractivity contribution in [1.82, 2.24) is 0 Å². The number of nitrogens with one attached hydrogen (secondary N) is 1. The summed E-state index contributed by atoms with van der Waals surface area (Å²) in [5.74, 6) is -0.175. The van der Waals surface area contributed by atoms with Gasteiger partial charge in [0.15, 0.2) is 0 Å². The average molecular weight is 312 g/mol. The molecular formula is C16H19F3N2O. The maximum Gasteiger partial charge on any atom is 0.425 e. The van der Waals surface area contributed by atoms with Crippen molar-refractivity contribution >= 4 is 5.69 Å². The lowest BCUT2D eigenvalue weighted by Crippen LogP contribution is -2.56. The first kappa shape index (κ1) is 16.5. The van der Waals surface area contributed by atoms with E-state index in [0.717, 1.165) is 19.3 Å². The van der Waals surface area contributed by atoms with Crippen molar-refractivity contribution in [3.63, 3.8) is 0 Å². The molecule has 0 heterocycles. The van der Waals surface area contributed by atoms with E-state index in [9.17, 15) is 18.4 Å². The number of nitriles is 1. The van der Waals surface area contributed by atoms with E-state index in [1.54, 1.807) is 12.1 Å². The van der Waals surface area contributed by atoms with E-state index in [1.807, 2.05) is 0 Å². The average Bonchev–Trinajstić information content (AvgIpc) is 2.53. The normalized spacial score (nSPS) is 19.0. The molecule has 0 amide bonds. The van der Waals surface area contributed by atoms with Crippen molar-refractivity contribution in [2.45, 2.75) is 43.8 Å². The quantitative estimate of drug-likeness (QED) is 0.889. The number of hydrogen-bond acceptors (Lipinski definition) is 3. The zero-order valence-corrected chi connectivity index (χ0v) is 12.4. The van der Waals surface area contributed by atoms with Gasteiger partial charge in [-0.05, 0) is 37.1 Å².